The molecule has 0 aliphatic rings. The number of halogens is 2. The highest BCUT2D eigenvalue weighted by molar-refractivity contribution is 7.99. The molecule has 0 spiro atoms. The van der Waals surface area contributed by atoms with Gasteiger partial charge >= 0.3 is 6.61 Å². The lowest BCUT2D eigenvalue weighted by Gasteiger charge is -2.10. The number of hydrogen-bond donors (Lipinski definition) is 1. The van der Waals surface area contributed by atoms with E-state index in [4.69, 9.17) is 0 Å². The summed E-state index contributed by atoms with van der Waals surface area (Å²) in [7, 11) is 0. The van der Waals surface area contributed by atoms with Crippen LogP contribution < -0.4 is 10.1 Å². The van der Waals surface area contributed by atoms with Crippen LogP contribution in [0.5, 0.6) is 5.75 Å². The second kappa shape index (κ2) is 9.53. The molecule has 9 heteroatoms. The lowest BCUT2D eigenvalue weighted by Crippen LogP contribution is -2.31. The van der Waals surface area contributed by atoms with Gasteiger partial charge in [-0.2, -0.15) is 8.78 Å². The molecule has 1 N–H and O–H groups in total. The van der Waals surface area contributed by atoms with Gasteiger partial charge in [-0.3, -0.25) is 19.5 Å². The molecule has 2 aromatic carbocycles. The zero-order chi connectivity index (χ0) is 21.7. The van der Waals surface area contributed by atoms with Gasteiger partial charge in [-0.25, -0.2) is 4.98 Å². The highest BCUT2D eigenvalue weighted by atomic mass is 32.2. The molecule has 0 atom stereocenters. The normalized spacial score (nSPS) is 10.8. The lowest BCUT2D eigenvalue weighted by atomic mass is 10.1. The Labute approximate surface area is 176 Å². The van der Waals surface area contributed by atoms with Crippen LogP contribution in [-0.2, 0) is 4.79 Å². The van der Waals surface area contributed by atoms with Crippen molar-refractivity contribution in [1.82, 2.24) is 14.9 Å². The van der Waals surface area contributed by atoms with Crippen LogP contribution in [0.3, 0.4) is 0 Å². The van der Waals surface area contributed by atoms with Crippen LogP contribution in [0, 0.1) is 13.8 Å². The van der Waals surface area contributed by atoms with Crippen molar-refractivity contribution in [2.45, 2.75) is 25.6 Å². The van der Waals surface area contributed by atoms with Gasteiger partial charge in [0.2, 0.25) is 5.91 Å². The average Bonchev–Trinajstić information content (AvgIpc) is 3.14. The molecule has 2 amide bonds. The van der Waals surface area contributed by atoms with Crippen molar-refractivity contribution < 1.29 is 23.1 Å². The molecule has 1 aromatic heterocycles. The van der Waals surface area contributed by atoms with Gasteiger partial charge in [0.1, 0.15) is 5.75 Å². The highest BCUT2D eigenvalue weighted by Crippen LogP contribution is 2.22. The first-order valence-corrected chi connectivity index (χ1v) is 9.94. The third kappa shape index (κ3) is 5.66. The molecule has 0 aliphatic heterocycles. The summed E-state index contributed by atoms with van der Waals surface area (Å²) >= 11 is 1.20. The largest absolute Gasteiger partial charge is 0.435 e. The second-order valence-electron chi connectivity index (χ2n) is 6.49. The van der Waals surface area contributed by atoms with Gasteiger partial charge in [-0.15, -0.1) is 0 Å². The van der Waals surface area contributed by atoms with E-state index in [1.165, 1.54) is 36.0 Å². The zero-order valence-electron chi connectivity index (χ0n) is 16.3. The minimum Gasteiger partial charge on any atom is -0.435 e. The molecule has 0 radical (unpaired) electrons. The number of amides is 2. The lowest BCUT2D eigenvalue weighted by molar-refractivity contribution is -0.117. The maximum atomic E-state index is 12.2. The molecular weight excluding hydrogens is 412 g/mol. The summed E-state index contributed by atoms with van der Waals surface area (Å²) in [6.07, 6.45) is 3.45. The van der Waals surface area contributed by atoms with Crippen LogP contribution in [0.25, 0.3) is 5.69 Å². The molecule has 3 aromatic rings. The number of carbonyl (C=O) groups is 2. The fraction of sp³-hybridized carbons (Fsp3) is 0.190. The number of thioether (sulfide) groups is 1. The Bertz CT molecular complexity index is 1030. The number of aryl methyl sites for hydroxylation is 2. The fourth-order valence-electron chi connectivity index (χ4n) is 2.84. The summed E-state index contributed by atoms with van der Waals surface area (Å²) in [5, 5.41) is 2.89. The molecular formula is C21H19F2N3O3S. The van der Waals surface area contributed by atoms with Gasteiger partial charge in [-0.05, 0) is 61.4 Å². The Morgan fingerprint density at radius 3 is 2.43 bits per heavy atom. The minimum atomic E-state index is -2.94. The summed E-state index contributed by atoms with van der Waals surface area (Å²) in [5.41, 5.74) is 3.33. The number of ether oxygens (including phenoxy) is 1. The third-order valence-corrected chi connectivity index (χ3v) is 4.99. The number of alkyl halides is 2. The smallest absolute Gasteiger partial charge is 0.387 e. The van der Waals surface area contributed by atoms with Crippen LogP contribution >= 0.6 is 11.8 Å². The molecule has 30 heavy (non-hydrogen) atoms. The number of rotatable bonds is 7. The van der Waals surface area contributed by atoms with E-state index in [1.807, 2.05) is 36.7 Å². The van der Waals surface area contributed by atoms with Crippen LogP contribution in [0.2, 0.25) is 0 Å². The quantitative estimate of drug-likeness (QED) is 0.569. The van der Waals surface area contributed by atoms with Crippen LogP contribution in [0.4, 0.5) is 8.78 Å². The molecule has 0 saturated carbocycles. The number of nitrogens with zero attached hydrogens (tertiary/aromatic N) is 2. The topological polar surface area (TPSA) is 73.2 Å². The Morgan fingerprint density at radius 2 is 1.80 bits per heavy atom. The van der Waals surface area contributed by atoms with E-state index in [9.17, 15) is 18.4 Å². The third-order valence-electron chi connectivity index (χ3n) is 4.02. The van der Waals surface area contributed by atoms with Gasteiger partial charge in [0.05, 0.1) is 5.75 Å². The number of hydrogen-bond acceptors (Lipinski definition) is 5. The predicted molar refractivity (Wildman–Crippen MR) is 109 cm³/mol. The summed E-state index contributed by atoms with van der Waals surface area (Å²) in [4.78, 5) is 28.6. The Hall–Kier alpha value is -3.20. The molecule has 0 unspecified atom stereocenters. The van der Waals surface area contributed by atoms with E-state index in [1.54, 1.807) is 6.20 Å². The van der Waals surface area contributed by atoms with E-state index in [-0.39, 0.29) is 17.1 Å². The predicted octanol–water partition coefficient (Wildman–Crippen LogP) is 4.14. The first-order chi connectivity index (χ1) is 14.3. The molecule has 3 rings (SSSR count). The second-order valence-corrected chi connectivity index (χ2v) is 7.44. The first-order valence-electron chi connectivity index (χ1n) is 8.95. The number of aromatic nitrogens is 2. The molecule has 1 heterocycles. The summed E-state index contributed by atoms with van der Waals surface area (Å²) < 4.78 is 30.5. The van der Waals surface area contributed by atoms with E-state index >= 15 is 0 Å². The number of imide groups is 1. The average molecular weight is 431 g/mol. The molecule has 0 saturated heterocycles. The molecule has 0 fully saturated rings. The van der Waals surface area contributed by atoms with E-state index < -0.39 is 18.4 Å². The maximum absolute atomic E-state index is 12.2. The van der Waals surface area contributed by atoms with E-state index in [0.717, 1.165) is 16.8 Å². The van der Waals surface area contributed by atoms with Crippen molar-refractivity contribution >= 4 is 23.6 Å². The molecule has 156 valence electrons. The molecule has 0 aliphatic carbocycles. The van der Waals surface area contributed by atoms with Gasteiger partial charge < -0.3 is 4.74 Å². The first kappa shape index (κ1) is 21.5. The monoisotopic (exact) mass is 431 g/mol. The summed E-state index contributed by atoms with van der Waals surface area (Å²) in [6, 6.07) is 11.2. The van der Waals surface area contributed by atoms with Crippen molar-refractivity contribution in [1.29, 1.82) is 0 Å². The van der Waals surface area contributed by atoms with Crippen LogP contribution in [-0.4, -0.2) is 33.7 Å². The zero-order valence-corrected chi connectivity index (χ0v) is 17.1. The Kier molecular flexibility index (Phi) is 6.83. The number of benzene rings is 2. The minimum absolute atomic E-state index is 0.0138. The van der Waals surface area contributed by atoms with Crippen molar-refractivity contribution in [2.75, 3.05) is 5.75 Å². The fourth-order valence-corrected chi connectivity index (χ4v) is 3.61. The van der Waals surface area contributed by atoms with Crippen molar-refractivity contribution in [3.05, 3.63) is 71.5 Å². The summed E-state index contributed by atoms with van der Waals surface area (Å²) in [5.74, 6) is -1.20. The summed E-state index contributed by atoms with van der Waals surface area (Å²) in [6.45, 7) is 1.07. The van der Waals surface area contributed by atoms with Gasteiger partial charge in [0, 0.05) is 23.6 Å². The Balaban J connectivity index is 1.59. The number of carbonyl (C=O) groups excluding carboxylic acids is 2. The maximum Gasteiger partial charge on any atom is 0.387 e. The van der Waals surface area contributed by atoms with E-state index in [0.29, 0.717) is 5.16 Å². The molecule has 0 bridgehead atoms. The van der Waals surface area contributed by atoms with Crippen molar-refractivity contribution in [2.24, 2.45) is 0 Å². The SMILES string of the molecule is Cc1cc(C)cc(-n2ccnc2SCC(=O)NC(=O)c2ccc(OC(F)F)cc2)c1. The van der Waals surface area contributed by atoms with Crippen molar-refractivity contribution in [3.63, 3.8) is 0 Å². The van der Waals surface area contributed by atoms with Crippen molar-refractivity contribution in [3.8, 4) is 11.4 Å². The van der Waals surface area contributed by atoms with Gasteiger partial charge in [0.25, 0.3) is 5.91 Å². The van der Waals surface area contributed by atoms with Crippen LogP contribution in [0.15, 0.2) is 60.0 Å². The van der Waals surface area contributed by atoms with Crippen LogP contribution in [0.1, 0.15) is 21.5 Å². The molecule has 6 nitrogen and oxygen atoms in total. The standard InChI is InChI=1S/C21H19F2N3O3S/c1-13-9-14(2)11-16(10-13)26-8-7-24-21(26)30-12-18(27)25-19(28)15-3-5-17(6-4-15)29-20(22)23/h3-11,20H,12H2,1-2H3,(H,25,27,28). The highest BCUT2D eigenvalue weighted by Gasteiger charge is 2.14. The Morgan fingerprint density at radius 1 is 1.13 bits per heavy atom. The van der Waals surface area contributed by atoms with Gasteiger partial charge in [-0.1, -0.05) is 17.8 Å². The number of nitrogens with one attached hydrogen (secondary N) is 1. The van der Waals surface area contributed by atoms with E-state index in [2.05, 4.69) is 21.1 Å². The number of imidazole rings is 1. The van der Waals surface area contributed by atoms with Gasteiger partial charge in [0.15, 0.2) is 5.16 Å².